The summed E-state index contributed by atoms with van der Waals surface area (Å²) in [6, 6.07) is 10.1. The number of anilines is 1. The van der Waals surface area contributed by atoms with E-state index in [0.717, 1.165) is 16.6 Å². The van der Waals surface area contributed by atoms with E-state index in [9.17, 15) is 13.2 Å². The first kappa shape index (κ1) is 20.8. The van der Waals surface area contributed by atoms with Crippen LogP contribution >= 0.6 is 11.3 Å². The summed E-state index contributed by atoms with van der Waals surface area (Å²) in [6.07, 6.45) is 2.21. The first-order valence-corrected chi connectivity index (χ1v) is 12.4. The van der Waals surface area contributed by atoms with Gasteiger partial charge in [-0.2, -0.15) is 9.40 Å². The Morgan fingerprint density at radius 2 is 2.06 bits per heavy atom. The fourth-order valence-electron chi connectivity index (χ4n) is 3.95. The van der Waals surface area contributed by atoms with Crippen LogP contribution in [0.15, 0.2) is 52.9 Å². The minimum Gasteiger partial charge on any atom is -0.322 e. The number of thiophene rings is 1. The van der Waals surface area contributed by atoms with Gasteiger partial charge in [0.05, 0.1) is 16.2 Å². The van der Waals surface area contributed by atoms with Crippen LogP contribution in [0.3, 0.4) is 0 Å². The van der Waals surface area contributed by atoms with E-state index in [0.29, 0.717) is 36.4 Å². The monoisotopic (exact) mass is 467 g/mol. The molecule has 0 aliphatic carbocycles. The van der Waals surface area contributed by atoms with Gasteiger partial charge < -0.3 is 5.32 Å². The summed E-state index contributed by atoms with van der Waals surface area (Å²) >= 11 is 1.66. The molecule has 4 aromatic rings. The lowest BCUT2D eigenvalue weighted by atomic mass is 10.1. The lowest BCUT2D eigenvalue weighted by Crippen LogP contribution is -2.35. The Morgan fingerprint density at radius 1 is 1.22 bits per heavy atom. The standard InChI is InChI=1S/C22H21N5O3S2/c1-14-19-10-16(12-23-21(19)26(2)25-14)22(28)24-17-4-3-5-18(11-17)32(29,30)27-8-6-20-15(13-27)7-9-31-20/h3-5,7,9-12H,6,8,13H2,1-2H3,(H,24,28). The van der Waals surface area contributed by atoms with Crippen molar-refractivity contribution in [2.75, 3.05) is 11.9 Å². The summed E-state index contributed by atoms with van der Waals surface area (Å²) in [7, 11) is -1.87. The van der Waals surface area contributed by atoms with Crippen LogP contribution in [0.5, 0.6) is 0 Å². The summed E-state index contributed by atoms with van der Waals surface area (Å²) in [5.41, 5.74) is 3.33. The summed E-state index contributed by atoms with van der Waals surface area (Å²) in [5, 5.41) is 9.91. The van der Waals surface area contributed by atoms with Gasteiger partial charge in [-0.15, -0.1) is 11.3 Å². The molecule has 5 rings (SSSR count). The predicted octanol–water partition coefficient (Wildman–Crippen LogP) is 3.34. The second-order valence-corrected chi connectivity index (χ2v) is 10.7. The number of aromatic nitrogens is 3. The van der Waals surface area contributed by atoms with Gasteiger partial charge in [0.15, 0.2) is 5.65 Å². The first-order chi connectivity index (χ1) is 15.3. The van der Waals surface area contributed by atoms with Gasteiger partial charge in [0.25, 0.3) is 5.91 Å². The lowest BCUT2D eigenvalue weighted by molar-refractivity contribution is 0.102. The molecule has 0 radical (unpaired) electrons. The molecule has 1 aliphatic heterocycles. The molecule has 1 aliphatic rings. The summed E-state index contributed by atoms with van der Waals surface area (Å²) in [5.74, 6) is -0.363. The predicted molar refractivity (Wildman–Crippen MR) is 123 cm³/mol. The van der Waals surface area contributed by atoms with Crippen molar-refractivity contribution in [3.05, 3.63) is 69.7 Å². The number of carbonyl (C=O) groups excluding carboxylic acids is 1. The molecule has 0 atom stereocenters. The molecule has 0 unspecified atom stereocenters. The Kier molecular flexibility index (Phi) is 5.07. The molecule has 0 bridgehead atoms. The zero-order valence-electron chi connectivity index (χ0n) is 17.6. The maximum atomic E-state index is 13.2. The number of hydrogen-bond donors (Lipinski definition) is 1. The molecular weight excluding hydrogens is 446 g/mol. The molecule has 1 aromatic carbocycles. The number of aryl methyl sites for hydroxylation is 2. The number of sulfonamides is 1. The van der Waals surface area contributed by atoms with Crippen molar-refractivity contribution in [3.63, 3.8) is 0 Å². The fourth-order valence-corrected chi connectivity index (χ4v) is 6.30. The van der Waals surface area contributed by atoms with Crippen LogP contribution in [-0.2, 0) is 30.0 Å². The molecule has 1 amide bonds. The average molecular weight is 468 g/mol. The van der Waals surface area contributed by atoms with E-state index >= 15 is 0 Å². The molecule has 32 heavy (non-hydrogen) atoms. The maximum Gasteiger partial charge on any atom is 0.257 e. The zero-order valence-corrected chi connectivity index (χ0v) is 19.2. The van der Waals surface area contributed by atoms with Crippen LogP contribution in [0.4, 0.5) is 5.69 Å². The van der Waals surface area contributed by atoms with Gasteiger partial charge in [0.1, 0.15) is 0 Å². The second kappa shape index (κ2) is 7.80. The van der Waals surface area contributed by atoms with Gasteiger partial charge in [0, 0.05) is 42.3 Å². The van der Waals surface area contributed by atoms with Gasteiger partial charge in [-0.25, -0.2) is 13.4 Å². The van der Waals surface area contributed by atoms with E-state index in [1.807, 2.05) is 18.4 Å². The van der Waals surface area contributed by atoms with Crippen molar-refractivity contribution in [1.29, 1.82) is 0 Å². The molecule has 0 saturated heterocycles. The third-order valence-electron chi connectivity index (χ3n) is 5.63. The molecular formula is C22H21N5O3S2. The number of nitrogens with one attached hydrogen (secondary N) is 1. The smallest absolute Gasteiger partial charge is 0.257 e. The molecule has 8 nitrogen and oxygen atoms in total. The van der Waals surface area contributed by atoms with Crippen LogP contribution in [0.25, 0.3) is 11.0 Å². The highest BCUT2D eigenvalue weighted by atomic mass is 32.2. The van der Waals surface area contributed by atoms with E-state index in [-0.39, 0.29) is 10.8 Å². The van der Waals surface area contributed by atoms with E-state index < -0.39 is 10.0 Å². The Morgan fingerprint density at radius 3 is 2.91 bits per heavy atom. The van der Waals surface area contributed by atoms with Crippen LogP contribution in [0, 0.1) is 6.92 Å². The van der Waals surface area contributed by atoms with E-state index in [2.05, 4.69) is 15.4 Å². The number of carbonyl (C=O) groups is 1. The molecule has 0 spiro atoms. The van der Waals surface area contributed by atoms with Crippen molar-refractivity contribution in [2.24, 2.45) is 7.05 Å². The van der Waals surface area contributed by atoms with E-state index in [1.54, 1.807) is 47.3 Å². The van der Waals surface area contributed by atoms with Crippen LogP contribution < -0.4 is 5.32 Å². The Balaban J connectivity index is 1.38. The first-order valence-electron chi connectivity index (χ1n) is 10.1. The van der Waals surface area contributed by atoms with Crippen LogP contribution in [-0.4, -0.2) is 39.9 Å². The van der Waals surface area contributed by atoms with Gasteiger partial charge in [-0.1, -0.05) is 6.07 Å². The molecule has 4 heterocycles. The van der Waals surface area contributed by atoms with Gasteiger partial charge in [0.2, 0.25) is 10.0 Å². The maximum absolute atomic E-state index is 13.2. The van der Waals surface area contributed by atoms with Crippen LogP contribution in [0.1, 0.15) is 26.5 Å². The molecule has 3 aromatic heterocycles. The fraction of sp³-hybridized carbons (Fsp3) is 0.227. The molecule has 0 fully saturated rings. The summed E-state index contributed by atoms with van der Waals surface area (Å²) in [4.78, 5) is 18.5. The molecule has 10 heteroatoms. The Bertz CT molecular complexity index is 1460. The SMILES string of the molecule is Cc1nn(C)c2ncc(C(=O)Nc3cccc(S(=O)(=O)N4CCc5sccc5C4)c3)cc12. The number of pyridine rings is 1. The third-order valence-corrected chi connectivity index (χ3v) is 8.49. The zero-order chi connectivity index (χ0) is 22.5. The minimum atomic E-state index is -3.67. The van der Waals surface area contributed by atoms with E-state index in [1.165, 1.54) is 21.4 Å². The normalized spacial score (nSPS) is 14.4. The highest BCUT2D eigenvalue weighted by molar-refractivity contribution is 7.89. The van der Waals surface area contributed by atoms with Gasteiger partial charge in [-0.05, 0) is 54.6 Å². The Hall–Kier alpha value is -3.08. The van der Waals surface area contributed by atoms with Gasteiger partial charge >= 0.3 is 0 Å². The third kappa shape index (κ3) is 3.60. The summed E-state index contributed by atoms with van der Waals surface area (Å²) < 4.78 is 29.6. The van der Waals surface area contributed by atoms with Crippen molar-refractivity contribution >= 4 is 44.0 Å². The largest absolute Gasteiger partial charge is 0.322 e. The topological polar surface area (TPSA) is 97.2 Å². The summed E-state index contributed by atoms with van der Waals surface area (Å²) in [6.45, 7) is 2.68. The van der Waals surface area contributed by atoms with Crippen molar-refractivity contribution < 1.29 is 13.2 Å². The molecule has 0 saturated carbocycles. The Labute approximate surface area is 189 Å². The second-order valence-electron chi connectivity index (χ2n) is 7.74. The average Bonchev–Trinajstić information content (AvgIpc) is 3.37. The number of rotatable bonds is 4. The highest BCUT2D eigenvalue weighted by Gasteiger charge is 2.29. The number of hydrogen-bond acceptors (Lipinski definition) is 6. The van der Waals surface area contributed by atoms with Crippen molar-refractivity contribution in [2.45, 2.75) is 24.8 Å². The van der Waals surface area contributed by atoms with Crippen molar-refractivity contribution in [3.8, 4) is 0 Å². The number of nitrogens with zero attached hydrogens (tertiary/aromatic N) is 4. The van der Waals surface area contributed by atoms with E-state index in [4.69, 9.17) is 0 Å². The van der Waals surface area contributed by atoms with Crippen molar-refractivity contribution in [1.82, 2.24) is 19.1 Å². The quantitative estimate of drug-likeness (QED) is 0.497. The molecule has 164 valence electrons. The van der Waals surface area contributed by atoms with Gasteiger partial charge in [-0.3, -0.25) is 9.48 Å². The lowest BCUT2D eigenvalue weighted by Gasteiger charge is -2.26. The molecule has 1 N–H and O–H groups in total. The number of amides is 1. The number of benzene rings is 1. The minimum absolute atomic E-state index is 0.158. The van der Waals surface area contributed by atoms with Crippen LogP contribution in [0.2, 0.25) is 0 Å². The highest BCUT2D eigenvalue weighted by Crippen LogP contribution is 2.29. The number of fused-ring (bicyclic) bond motifs is 2.